The highest BCUT2D eigenvalue weighted by molar-refractivity contribution is 6.14. The molecule has 1 aliphatic heterocycles. The van der Waals surface area contributed by atoms with Crippen molar-refractivity contribution in [3.8, 4) is 23.5 Å². The minimum atomic E-state index is -0.273. The topological polar surface area (TPSA) is 93.1 Å². The monoisotopic (exact) mass is 400 g/mol. The summed E-state index contributed by atoms with van der Waals surface area (Å²) < 4.78 is 7.48. The SMILES string of the molecule is C#C[C@H]1CN(c2cc(C(=N)c3cc(-c4cnn(C)c4)ccc3N)ccn2)C[C@@H](C)O1. The number of anilines is 2. The molecule has 7 nitrogen and oxygen atoms in total. The van der Waals surface area contributed by atoms with E-state index in [-0.39, 0.29) is 12.2 Å². The van der Waals surface area contributed by atoms with Crippen LogP contribution < -0.4 is 10.6 Å². The second-order valence-electron chi connectivity index (χ2n) is 7.49. The normalized spacial score (nSPS) is 18.8. The maximum absolute atomic E-state index is 8.80. The predicted octanol–water partition coefficient (Wildman–Crippen LogP) is 2.71. The molecule has 3 aromatic rings. The van der Waals surface area contributed by atoms with Crippen LogP contribution in [-0.4, -0.2) is 45.8 Å². The first-order valence-electron chi connectivity index (χ1n) is 9.75. The van der Waals surface area contributed by atoms with E-state index in [4.69, 9.17) is 22.3 Å². The number of benzene rings is 1. The van der Waals surface area contributed by atoms with Crippen LogP contribution in [0.4, 0.5) is 11.5 Å². The number of pyridine rings is 1. The Morgan fingerprint density at radius 2 is 2.10 bits per heavy atom. The average molecular weight is 400 g/mol. The fraction of sp³-hybridized carbons (Fsp3) is 0.261. The molecule has 3 heterocycles. The zero-order valence-corrected chi connectivity index (χ0v) is 17.0. The first-order chi connectivity index (χ1) is 14.4. The van der Waals surface area contributed by atoms with E-state index in [1.807, 2.05) is 50.5 Å². The second kappa shape index (κ2) is 8.01. The predicted molar refractivity (Wildman–Crippen MR) is 119 cm³/mol. The van der Waals surface area contributed by atoms with E-state index in [2.05, 4.69) is 20.9 Å². The third-order valence-corrected chi connectivity index (χ3v) is 5.17. The molecule has 1 saturated heterocycles. The molecule has 0 unspecified atom stereocenters. The summed E-state index contributed by atoms with van der Waals surface area (Å²) >= 11 is 0. The summed E-state index contributed by atoms with van der Waals surface area (Å²) in [5.74, 6) is 3.44. The van der Waals surface area contributed by atoms with Gasteiger partial charge < -0.3 is 15.4 Å². The van der Waals surface area contributed by atoms with Crippen LogP contribution in [0.1, 0.15) is 18.1 Å². The van der Waals surface area contributed by atoms with E-state index < -0.39 is 0 Å². The lowest BCUT2D eigenvalue weighted by atomic mass is 9.97. The number of rotatable bonds is 4. The van der Waals surface area contributed by atoms with Crippen LogP contribution in [0.3, 0.4) is 0 Å². The van der Waals surface area contributed by atoms with Crippen molar-refractivity contribution in [2.75, 3.05) is 23.7 Å². The fourth-order valence-corrected chi connectivity index (χ4v) is 3.66. The fourth-order valence-electron chi connectivity index (χ4n) is 3.66. The Hall–Kier alpha value is -3.63. The zero-order chi connectivity index (χ0) is 21.3. The summed E-state index contributed by atoms with van der Waals surface area (Å²) in [5.41, 5.74) is 10.5. The highest BCUT2D eigenvalue weighted by atomic mass is 16.5. The standard InChI is InChI=1S/C23H24N6O/c1-4-19-14-29(12-15(2)30-19)22-10-17(7-8-26-22)23(25)20-9-16(5-6-21(20)24)18-11-27-28(3)13-18/h1,5-11,13,15,19,25H,12,14,24H2,2-3H3/t15-,19+/m1/s1. The van der Waals surface area contributed by atoms with Crippen molar-refractivity contribution in [3.05, 3.63) is 60.0 Å². The lowest BCUT2D eigenvalue weighted by molar-refractivity contribution is 0.0151. The zero-order valence-electron chi connectivity index (χ0n) is 17.0. The third-order valence-electron chi connectivity index (χ3n) is 5.17. The molecule has 0 saturated carbocycles. The Balaban J connectivity index is 1.64. The number of aryl methyl sites for hydroxylation is 1. The Bertz CT molecular complexity index is 1130. The first-order valence-corrected chi connectivity index (χ1v) is 9.75. The number of nitrogens with zero attached hydrogens (tertiary/aromatic N) is 4. The number of aromatic nitrogens is 3. The number of hydrogen-bond acceptors (Lipinski definition) is 6. The van der Waals surface area contributed by atoms with Gasteiger partial charge in [-0.25, -0.2) is 4.98 Å². The van der Waals surface area contributed by atoms with Crippen molar-refractivity contribution in [3.63, 3.8) is 0 Å². The minimum absolute atomic E-state index is 0.0107. The quantitative estimate of drug-likeness (QED) is 0.399. The van der Waals surface area contributed by atoms with E-state index in [0.29, 0.717) is 30.1 Å². The minimum Gasteiger partial charge on any atom is -0.398 e. The van der Waals surface area contributed by atoms with Crippen molar-refractivity contribution < 1.29 is 4.74 Å². The van der Waals surface area contributed by atoms with Gasteiger partial charge in [-0.1, -0.05) is 12.0 Å². The van der Waals surface area contributed by atoms with Gasteiger partial charge >= 0.3 is 0 Å². The summed E-state index contributed by atoms with van der Waals surface area (Å²) in [6.07, 6.45) is 10.7. The number of ether oxygens (including phenoxy) is 1. The molecule has 0 bridgehead atoms. The van der Waals surface area contributed by atoms with Gasteiger partial charge in [0.15, 0.2) is 0 Å². The number of nitrogens with two attached hydrogens (primary N) is 1. The van der Waals surface area contributed by atoms with Gasteiger partial charge in [0.05, 0.1) is 24.6 Å². The molecule has 152 valence electrons. The van der Waals surface area contributed by atoms with Crippen LogP contribution in [0.25, 0.3) is 11.1 Å². The molecule has 0 amide bonds. The van der Waals surface area contributed by atoms with Crippen LogP contribution in [0.5, 0.6) is 0 Å². The summed E-state index contributed by atoms with van der Waals surface area (Å²) in [5, 5.41) is 13.0. The third kappa shape index (κ3) is 3.91. The number of nitrogen functional groups attached to an aromatic ring is 1. The summed E-state index contributed by atoms with van der Waals surface area (Å²) in [4.78, 5) is 6.60. The van der Waals surface area contributed by atoms with Crippen LogP contribution in [0.15, 0.2) is 48.9 Å². The largest absolute Gasteiger partial charge is 0.398 e. The molecule has 7 heteroatoms. The molecule has 3 N–H and O–H groups in total. The van der Waals surface area contributed by atoms with Gasteiger partial charge in [-0.3, -0.25) is 10.1 Å². The number of hydrogen-bond donors (Lipinski definition) is 2. The molecule has 1 aromatic carbocycles. The molecular formula is C23H24N6O. The van der Waals surface area contributed by atoms with Gasteiger partial charge in [0.2, 0.25) is 0 Å². The molecule has 0 spiro atoms. The lowest BCUT2D eigenvalue weighted by Gasteiger charge is -2.35. The molecule has 2 atom stereocenters. The van der Waals surface area contributed by atoms with Crippen molar-refractivity contribution in [1.82, 2.24) is 14.8 Å². The second-order valence-corrected chi connectivity index (χ2v) is 7.49. The van der Waals surface area contributed by atoms with E-state index in [1.54, 1.807) is 17.1 Å². The van der Waals surface area contributed by atoms with Crippen molar-refractivity contribution in [1.29, 1.82) is 5.41 Å². The molecular weight excluding hydrogens is 376 g/mol. The summed E-state index contributed by atoms with van der Waals surface area (Å²) in [6, 6.07) is 9.43. The lowest BCUT2D eigenvalue weighted by Crippen LogP contribution is -2.46. The van der Waals surface area contributed by atoms with Gasteiger partial charge in [-0.15, -0.1) is 6.42 Å². The van der Waals surface area contributed by atoms with Crippen LogP contribution in [0.2, 0.25) is 0 Å². The maximum Gasteiger partial charge on any atom is 0.135 e. The molecule has 1 aliphatic rings. The smallest absolute Gasteiger partial charge is 0.135 e. The summed E-state index contributed by atoms with van der Waals surface area (Å²) in [6.45, 7) is 3.26. The number of morpholine rings is 1. The van der Waals surface area contributed by atoms with Crippen molar-refractivity contribution in [2.45, 2.75) is 19.1 Å². The highest BCUT2D eigenvalue weighted by Gasteiger charge is 2.25. The van der Waals surface area contributed by atoms with E-state index in [0.717, 1.165) is 22.5 Å². The maximum atomic E-state index is 8.80. The highest BCUT2D eigenvalue weighted by Crippen LogP contribution is 2.26. The molecule has 2 aromatic heterocycles. The first kappa shape index (κ1) is 19.7. The van der Waals surface area contributed by atoms with Gasteiger partial charge in [-0.2, -0.15) is 5.10 Å². The molecule has 4 rings (SSSR count). The van der Waals surface area contributed by atoms with Gasteiger partial charge in [0.1, 0.15) is 11.9 Å². The van der Waals surface area contributed by atoms with Crippen molar-refractivity contribution >= 4 is 17.2 Å². The van der Waals surface area contributed by atoms with E-state index >= 15 is 0 Å². The van der Waals surface area contributed by atoms with Crippen LogP contribution >= 0.6 is 0 Å². The molecule has 0 radical (unpaired) electrons. The van der Waals surface area contributed by atoms with Gasteiger partial charge in [-0.05, 0) is 36.8 Å². The number of nitrogens with one attached hydrogen (secondary N) is 1. The molecule has 1 fully saturated rings. The molecule has 30 heavy (non-hydrogen) atoms. The average Bonchev–Trinajstić information content (AvgIpc) is 3.19. The van der Waals surface area contributed by atoms with Crippen molar-refractivity contribution in [2.24, 2.45) is 7.05 Å². The number of terminal acetylenes is 1. The Kier molecular flexibility index (Phi) is 5.25. The van der Waals surface area contributed by atoms with E-state index in [9.17, 15) is 0 Å². The Labute approximate surface area is 176 Å². The van der Waals surface area contributed by atoms with Crippen LogP contribution in [-0.2, 0) is 11.8 Å². The summed E-state index contributed by atoms with van der Waals surface area (Å²) in [7, 11) is 1.87. The van der Waals surface area contributed by atoms with Gasteiger partial charge in [0.25, 0.3) is 0 Å². The van der Waals surface area contributed by atoms with Gasteiger partial charge in [0, 0.05) is 48.4 Å². The molecule has 0 aliphatic carbocycles. The Morgan fingerprint density at radius 3 is 2.83 bits per heavy atom. The van der Waals surface area contributed by atoms with Crippen LogP contribution in [0, 0.1) is 17.8 Å². The van der Waals surface area contributed by atoms with E-state index in [1.165, 1.54) is 0 Å². The Morgan fingerprint density at radius 1 is 1.27 bits per heavy atom.